The lowest BCUT2D eigenvalue weighted by molar-refractivity contribution is -0.140. The molecule has 2 rings (SSSR count). The third kappa shape index (κ3) is 4.62. The molecule has 5 heteroatoms. The summed E-state index contributed by atoms with van der Waals surface area (Å²) in [5, 5.41) is 0. The summed E-state index contributed by atoms with van der Waals surface area (Å²) in [6.07, 6.45) is 2.78. The summed E-state index contributed by atoms with van der Waals surface area (Å²) in [4.78, 5) is 29.5. The lowest BCUT2D eigenvalue weighted by Crippen LogP contribution is -2.39. The molecule has 0 aliphatic carbocycles. The van der Waals surface area contributed by atoms with Crippen LogP contribution in [0.3, 0.4) is 0 Å². The number of hydrogen-bond donors (Lipinski definition) is 0. The van der Waals surface area contributed by atoms with Crippen molar-refractivity contribution in [2.24, 2.45) is 0 Å². The maximum Gasteiger partial charge on any atom is 0.240 e. The van der Waals surface area contributed by atoms with E-state index in [1.165, 1.54) is 4.90 Å². The highest BCUT2D eigenvalue weighted by Crippen LogP contribution is 2.40. The average Bonchev–Trinajstić information content (AvgIpc) is 2.84. The van der Waals surface area contributed by atoms with Crippen molar-refractivity contribution >= 4 is 24.2 Å². The zero-order chi connectivity index (χ0) is 17.6. The molecule has 1 aliphatic rings. The summed E-state index contributed by atoms with van der Waals surface area (Å²) in [6.45, 7) is 9.81. The van der Waals surface area contributed by atoms with Crippen LogP contribution in [0.1, 0.15) is 52.0 Å². The average molecular weight is 367 g/mol. The summed E-state index contributed by atoms with van der Waals surface area (Å²) in [7, 11) is 0. The van der Waals surface area contributed by atoms with Crippen molar-refractivity contribution < 1.29 is 9.59 Å². The Morgan fingerprint density at radius 2 is 1.72 bits per heavy atom. The van der Waals surface area contributed by atoms with E-state index in [0.29, 0.717) is 13.0 Å². The quantitative estimate of drug-likeness (QED) is 0.626. The number of carbonyl (C=O) groups excluding carboxylic acids is 2. The van der Waals surface area contributed by atoms with E-state index in [9.17, 15) is 9.59 Å². The smallest absolute Gasteiger partial charge is 0.240 e. The predicted octanol–water partition coefficient (Wildman–Crippen LogP) is 3.64. The molecule has 1 aliphatic heterocycles. The molecule has 140 valence electrons. The molecule has 0 aromatic heterocycles. The minimum Gasteiger partial charge on any atom is -0.304 e. The number of likely N-dealkylation sites (tertiary alicyclic amines) is 1. The Morgan fingerprint density at radius 3 is 2.28 bits per heavy atom. The van der Waals surface area contributed by atoms with E-state index in [0.717, 1.165) is 44.5 Å². The van der Waals surface area contributed by atoms with Gasteiger partial charge in [-0.05, 0) is 38.0 Å². The van der Waals surface area contributed by atoms with Crippen LogP contribution < -0.4 is 0 Å². The standard InChI is InChI=1S/C20H30N2O2.ClH/c1-4-13-20(17-11-8-7-9-12-17)16-18(23)22(19(20)24)15-10-14-21(5-2)6-3;/h7-9,11-12H,4-6,10,13-16H2,1-3H3;1H. The van der Waals surface area contributed by atoms with E-state index >= 15 is 0 Å². The Hall–Kier alpha value is -1.39. The first-order valence-corrected chi connectivity index (χ1v) is 9.21. The van der Waals surface area contributed by atoms with E-state index in [2.05, 4.69) is 25.7 Å². The summed E-state index contributed by atoms with van der Waals surface area (Å²) in [5.41, 5.74) is 0.332. The van der Waals surface area contributed by atoms with E-state index in [1.54, 1.807) is 0 Å². The third-order valence-corrected chi connectivity index (χ3v) is 5.16. The van der Waals surface area contributed by atoms with Crippen LogP contribution in [0, 0.1) is 0 Å². The molecule has 1 heterocycles. The highest BCUT2D eigenvalue weighted by molar-refractivity contribution is 6.09. The Morgan fingerprint density at radius 1 is 1.08 bits per heavy atom. The monoisotopic (exact) mass is 366 g/mol. The first-order chi connectivity index (χ1) is 11.6. The van der Waals surface area contributed by atoms with Crippen molar-refractivity contribution in [3.05, 3.63) is 35.9 Å². The second-order valence-electron chi connectivity index (χ2n) is 6.61. The van der Waals surface area contributed by atoms with Crippen LogP contribution in [-0.4, -0.2) is 47.8 Å². The van der Waals surface area contributed by atoms with Crippen molar-refractivity contribution in [1.29, 1.82) is 0 Å². The molecular formula is C20H31ClN2O2. The second-order valence-corrected chi connectivity index (χ2v) is 6.61. The Labute approximate surface area is 158 Å². The van der Waals surface area contributed by atoms with Crippen LogP contribution in [-0.2, 0) is 15.0 Å². The molecule has 2 amide bonds. The second kappa shape index (κ2) is 9.93. The number of imide groups is 1. The zero-order valence-electron chi connectivity index (χ0n) is 15.7. The molecule has 1 aromatic rings. The van der Waals surface area contributed by atoms with Crippen molar-refractivity contribution in [1.82, 2.24) is 9.80 Å². The Kier molecular flexibility index (Phi) is 8.60. The molecule has 25 heavy (non-hydrogen) atoms. The van der Waals surface area contributed by atoms with E-state index in [4.69, 9.17) is 0 Å². The van der Waals surface area contributed by atoms with Gasteiger partial charge in [-0.25, -0.2) is 0 Å². The van der Waals surface area contributed by atoms with Gasteiger partial charge in [0.05, 0.1) is 5.41 Å². The number of amides is 2. The van der Waals surface area contributed by atoms with Gasteiger partial charge in [-0.1, -0.05) is 57.5 Å². The van der Waals surface area contributed by atoms with Gasteiger partial charge in [0.1, 0.15) is 0 Å². The van der Waals surface area contributed by atoms with Gasteiger partial charge >= 0.3 is 0 Å². The lowest BCUT2D eigenvalue weighted by Gasteiger charge is -2.27. The minimum atomic E-state index is -0.651. The van der Waals surface area contributed by atoms with Crippen LogP contribution in [0.2, 0.25) is 0 Å². The minimum absolute atomic E-state index is 0. The van der Waals surface area contributed by atoms with Gasteiger partial charge in [-0.2, -0.15) is 0 Å². The van der Waals surface area contributed by atoms with Crippen LogP contribution in [0.5, 0.6) is 0 Å². The Balaban J connectivity index is 0.00000312. The predicted molar refractivity (Wildman–Crippen MR) is 104 cm³/mol. The molecule has 1 unspecified atom stereocenters. The fourth-order valence-electron chi connectivity index (χ4n) is 3.77. The van der Waals surface area contributed by atoms with Gasteiger partial charge in [0, 0.05) is 13.0 Å². The number of rotatable bonds is 9. The topological polar surface area (TPSA) is 40.6 Å². The van der Waals surface area contributed by atoms with E-state index in [-0.39, 0.29) is 24.2 Å². The lowest BCUT2D eigenvalue weighted by atomic mass is 9.75. The molecule has 1 atom stereocenters. The van der Waals surface area contributed by atoms with Crippen molar-refractivity contribution in [2.45, 2.75) is 51.9 Å². The number of carbonyl (C=O) groups is 2. The molecule has 4 nitrogen and oxygen atoms in total. The van der Waals surface area contributed by atoms with Crippen molar-refractivity contribution in [3.63, 3.8) is 0 Å². The van der Waals surface area contributed by atoms with Crippen LogP contribution in [0.4, 0.5) is 0 Å². The van der Waals surface area contributed by atoms with Gasteiger partial charge < -0.3 is 4.90 Å². The normalized spacial score (nSPS) is 20.2. The fourth-order valence-corrected chi connectivity index (χ4v) is 3.77. The number of halogens is 1. The molecule has 1 aromatic carbocycles. The molecule has 0 radical (unpaired) electrons. The van der Waals surface area contributed by atoms with Crippen molar-refractivity contribution in [2.75, 3.05) is 26.2 Å². The van der Waals surface area contributed by atoms with Gasteiger partial charge in [-0.15, -0.1) is 12.4 Å². The van der Waals surface area contributed by atoms with Crippen LogP contribution in [0.15, 0.2) is 30.3 Å². The first kappa shape index (κ1) is 21.7. The number of nitrogens with zero attached hydrogens (tertiary/aromatic N) is 2. The molecule has 0 saturated carbocycles. The van der Waals surface area contributed by atoms with Crippen molar-refractivity contribution in [3.8, 4) is 0 Å². The summed E-state index contributed by atoms with van der Waals surface area (Å²) in [6, 6.07) is 9.83. The van der Waals surface area contributed by atoms with Gasteiger partial charge in [0.2, 0.25) is 11.8 Å². The van der Waals surface area contributed by atoms with E-state index in [1.807, 2.05) is 30.3 Å². The third-order valence-electron chi connectivity index (χ3n) is 5.16. The molecular weight excluding hydrogens is 336 g/mol. The fraction of sp³-hybridized carbons (Fsp3) is 0.600. The molecule has 0 bridgehead atoms. The first-order valence-electron chi connectivity index (χ1n) is 9.21. The van der Waals surface area contributed by atoms with Gasteiger partial charge in [0.15, 0.2) is 0 Å². The maximum absolute atomic E-state index is 13.1. The molecule has 1 saturated heterocycles. The van der Waals surface area contributed by atoms with Crippen LogP contribution >= 0.6 is 12.4 Å². The maximum atomic E-state index is 13.1. The summed E-state index contributed by atoms with van der Waals surface area (Å²) in [5.74, 6) is -0.0167. The Bertz CT molecular complexity index is 560. The van der Waals surface area contributed by atoms with Gasteiger partial charge in [0.25, 0.3) is 0 Å². The molecule has 1 fully saturated rings. The number of hydrogen-bond acceptors (Lipinski definition) is 3. The summed E-state index contributed by atoms with van der Waals surface area (Å²) >= 11 is 0. The zero-order valence-corrected chi connectivity index (χ0v) is 16.5. The van der Waals surface area contributed by atoms with Crippen LogP contribution in [0.25, 0.3) is 0 Å². The van der Waals surface area contributed by atoms with Gasteiger partial charge in [-0.3, -0.25) is 14.5 Å². The van der Waals surface area contributed by atoms with E-state index < -0.39 is 5.41 Å². The number of benzene rings is 1. The highest BCUT2D eigenvalue weighted by atomic mass is 35.5. The summed E-state index contributed by atoms with van der Waals surface area (Å²) < 4.78 is 0. The molecule has 0 spiro atoms. The largest absolute Gasteiger partial charge is 0.304 e. The highest BCUT2D eigenvalue weighted by Gasteiger charge is 2.51. The molecule has 0 N–H and O–H groups in total. The SMILES string of the molecule is CCCC1(c2ccccc2)CC(=O)N(CCCN(CC)CC)C1=O.Cl.